The van der Waals surface area contributed by atoms with Crippen molar-refractivity contribution < 1.29 is 9.53 Å². The Morgan fingerprint density at radius 1 is 1.47 bits per heavy atom. The number of hydrogen-bond donors (Lipinski definition) is 2. The SMILES string of the molecule is CCNC(CSc1ccc(OC)cc1)C(N)=O. The van der Waals surface area contributed by atoms with Gasteiger partial charge in [-0.1, -0.05) is 6.92 Å². The van der Waals surface area contributed by atoms with Gasteiger partial charge >= 0.3 is 0 Å². The second-order valence-corrected chi connectivity index (χ2v) is 4.59. The highest BCUT2D eigenvalue weighted by Gasteiger charge is 2.13. The summed E-state index contributed by atoms with van der Waals surface area (Å²) in [6.07, 6.45) is 0. The van der Waals surface area contributed by atoms with Crippen LogP contribution in [0.2, 0.25) is 0 Å². The van der Waals surface area contributed by atoms with Crippen LogP contribution in [0.15, 0.2) is 29.2 Å². The number of hydrogen-bond acceptors (Lipinski definition) is 4. The molecular formula is C12H18N2O2S. The van der Waals surface area contributed by atoms with Crippen molar-refractivity contribution >= 4 is 17.7 Å². The highest BCUT2D eigenvalue weighted by molar-refractivity contribution is 7.99. The normalized spacial score (nSPS) is 12.1. The number of methoxy groups -OCH3 is 1. The molecule has 5 heteroatoms. The molecule has 0 aromatic heterocycles. The number of carbonyl (C=O) groups is 1. The molecule has 0 saturated carbocycles. The van der Waals surface area contributed by atoms with E-state index in [2.05, 4.69) is 5.32 Å². The molecule has 0 radical (unpaired) electrons. The lowest BCUT2D eigenvalue weighted by Gasteiger charge is -2.13. The molecule has 1 amide bonds. The first kappa shape index (κ1) is 13.9. The van der Waals surface area contributed by atoms with E-state index in [0.717, 1.165) is 17.2 Å². The van der Waals surface area contributed by atoms with E-state index in [1.807, 2.05) is 31.2 Å². The summed E-state index contributed by atoms with van der Waals surface area (Å²) >= 11 is 1.60. The van der Waals surface area contributed by atoms with Crippen LogP contribution in [0.1, 0.15) is 6.92 Å². The maximum atomic E-state index is 11.1. The van der Waals surface area contributed by atoms with Crippen LogP contribution in [0.25, 0.3) is 0 Å². The van der Waals surface area contributed by atoms with Crippen molar-refractivity contribution in [1.29, 1.82) is 0 Å². The maximum Gasteiger partial charge on any atom is 0.235 e. The molecule has 1 atom stereocenters. The Balaban J connectivity index is 2.50. The summed E-state index contributed by atoms with van der Waals surface area (Å²) < 4.78 is 5.08. The molecule has 17 heavy (non-hydrogen) atoms. The lowest BCUT2D eigenvalue weighted by atomic mass is 10.3. The van der Waals surface area contributed by atoms with Gasteiger partial charge in [-0.25, -0.2) is 0 Å². The van der Waals surface area contributed by atoms with Gasteiger partial charge in [-0.3, -0.25) is 4.79 Å². The third kappa shape index (κ3) is 4.66. The minimum atomic E-state index is -0.312. The van der Waals surface area contributed by atoms with Crippen molar-refractivity contribution in [3.05, 3.63) is 24.3 Å². The summed E-state index contributed by atoms with van der Waals surface area (Å²) in [7, 11) is 1.64. The van der Waals surface area contributed by atoms with E-state index in [-0.39, 0.29) is 11.9 Å². The van der Waals surface area contributed by atoms with E-state index >= 15 is 0 Å². The lowest BCUT2D eigenvalue weighted by Crippen LogP contribution is -2.42. The zero-order chi connectivity index (χ0) is 12.7. The molecule has 1 aromatic carbocycles. The number of nitrogens with one attached hydrogen (secondary N) is 1. The molecule has 0 bridgehead atoms. The smallest absolute Gasteiger partial charge is 0.235 e. The number of carbonyl (C=O) groups excluding carboxylic acids is 1. The van der Waals surface area contributed by atoms with E-state index in [0.29, 0.717) is 5.75 Å². The number of amides is 1. The van der Waals surface area contributed by atoms with Gasteiger partial charge in [-0.05, 0) is 30.8 Å². The third-order valence-corrected chi connectivity index (χ3v) is 3.38. The fourth-order valence-electron chi connectivity index (χ4n) is 1.34. The number of likely N-dealkylation sites (N-methyl/N-ethyl adjacent to an activating group) is 1. The van der Waals surface area contributed by atoms with E-state index in [4.69, 9.17) is 10.5 Å². The Hall–Kier alpha value is -1.20. The molecule has 4 nitrogen and oxygen atoms in total. The van der Waals surface area contributed by atoms with Crippen molar-refractivity contribution in [3.8, 4) is 5.75 Å². The highest BCUT2D eigenvalue weighted by Crippen LogP contribution is 2.21. The van der Waals surface area contributed by atoms with Gasteiger partial charge in [-0.15, -0.1) is 11.8 Å². The Kier molecular flexibility index (Phi) is 5.86. The Morgan fingerprint density at radius 2 is 2.12 bits per heavy atom. The molecule has 3 N–H and O–H groups in total. The quantitative estimate of drug-likeness (QED) is 0.719. The third-order valence-electron chi connectivity index (χ3n) is 2.27. The van der Waals surface area contributed by atoms with Crippen LogP contribution in [0.4, 0.5) is 0 Å². The van der Waals surface area contributed by atoms with Gasteiger partial charge in [0.1, 0.15) is 5.75 Å². The van der Waals surface area contributed by atoms with Crippen LogP contribution in [0.5, 0.6) is 5.75 Å². The van der Waals surface area contributed by atoms with Crippen LogP contribution in [0.3, 0.4) is 0 Å². The minimum absolute atomic E-state index is 0.285. The summed E-state index contributed by atoms with van der Waals surface area (Å²) in [6, 6.07) is 7.44. The van der Waals surface area contributed by atoms with Gasteiger partial charge in [0.25, 0.3) is 0 Å². The van der Waals surface area contributed by atoms with E-state index in [1.54, 1.807) is 18.9 Å². The Labute approximate surface area is 106 Å². The number of benzene rings is 1. The van der Waals surface area contributed by atoms with Gasteiger partial charge in [0.05, 0.1) is 13.2 Å². The van der Waals surface area contributed by atoms with Crippen LogP contribution in [-0.2, 0) is 4.79 Å². The average Bonchev–Trinajstić information content (AvgIpc) is 2.34. The van der Waals surface area contributed by atoms with Crippen molar-refractivity contribution in [2.45, 2.75) is 17.9 Å². The molecule has 0 heterocycles. The fourth-order valence-corrected chi connectivity index (χ4v) is 2.31. The molecule has 0 aliphatic heterocycles. The van der Waals surface area contributed by atoms with Gasteiger partial charge in [0.2, 0.25) is 5.91 Å². The summed E-state index contributed by atoms with van der Waals surface area (Å²) in [5.41, 5.74) is 5.30. The number of ether oxygens (including phenoxy) is 1. The topological polar surface area (TPSA) is 64.3 Å². The highest BCUT2D eigenvalue weighted by atomic mass is 32.2. The molecule has 0 spiro atoms. The Bertz CT molecular complexity index is 354. The Morgan fingerprint density at radius 3 is 2.59 bits per heavy atom. The molecule has 1 aromatic rings. The molecular weight excluding hydrogens is 236 g/mol. The lowest BCUT2D eigenvalue weighted by molar-refractivity contribution is -0.119. The number of nitrogens with two attached hydrogens (primary N) is 1. The second kappa shape index (κ2) is 7.19. The first-order chi connectivity index (χ1) is 8.17. The van der Waals surface area contributed by atoms with Crippen molar-refractivity contribution in [3.63, 3.8) is 0 Å². The van der Waals surface area contributed by atoms with E-state index in [1.165, 1.54) is 0 Å². The summed E-state index contributed by atoms with van der Waals surface area (Å²) in [6.45, 7) is 2.69. The van der Waals surface area contributed by atoms with E-state index < -0.39 is 0 Å². The molecule has 1 unspecified atom stereocenters. The fraction of sp³-hybridized carbons (Fsp3) is 0.417. The summed E-state index contributed by atoms with van der Waals surface area (Å²) in [4.78, 5) is 12.2. The van der Waals surface area contributed by atoms with Gasteiger partial charge in [0, 0.05) is 10.6 Å². The number of thioether (sulfide) groups is 1. The monoisotopic (exact) mass is 254 g/mol. The molecule has 94 valence electrons. The van der Waals surface area contributed by atoms with Gasteiger partial charge in [-0.2, -0.15) is 0 Å². The zero-order valence-corrected chi connectivity index (χ0v) is 10.9. The first-order valence-electron chi connectivity index (χ1n) is 5.47. The van der Waals surface area contributed by atoms with Crippen LogP contribution >= 0.6 is 11.8 Å². The average molecular weight is 254 g/mol. The number of rotatable bonds is 7. The molecule has 0 aliphatic carbocycles. The predicted molar refractivity (Wildman–Crippen MR) is 70.4 cm³/mol. The van der Waals surface area contributed by atoms with Gasteiger partial charge < -0.3 is 15.8 Å². The van der Waals surface area contributed by atoms with Crippen molar-refractivity contribution in [2.24, 2.45) is 5.73 Å². The first-order valence-corrected chi connectivity index (χ1v) is 6.45. The molecule has 0 saturated heterocycles. The second-order valence-electron chi connectivity index (χ2n) is 3.50. The zero-order valence-electron chi connectivity index (χ0n) is 10.1. The van der Waals surface area contributed by atoms with Gasteiger partial charge in [0.15, 0.2) is 0 Å². The van der Waals surface area contributed by atoms with Crippen LogP contribution < -0.4 is 15.8 Å². The molecule has 0 fully saturated rings. The summed E-state index contributed by atoms with van der Waals surface area (Å²) in [5.74, 6) is 1.15. The van der Waals surface area contributed by atoms with E-state index in [9.17, 15) is 4.79 Å². The number of primary amides is 1. The standard InChI is InChI=1S/C12H18N2O2S/c1-3-14-11(12(13)15)8-17-10-6-4-9(16-2)5-7-10/h4-7,11,14H,3,8H2,1-2H3,(H2,13,15). The van der Waals surface area contributed by atoms with Crippen molar-refractivity contribution in [1.82, 2.24) is 5.32 Å². The summed E-state index contributed by atoms with van der Waals surface area (Å²) in [5, 5.41) is 3.05. The largest absolute Gasteiger partial charge is 0.497 e. The maximum absolute atomic E-state index is 11.1. The molecule has 0 aliphatic rings. The minimum Gasteiger partial charge on any atom is -0.497 e. The van der Waals surface area contributed by atoms with Crippen LogP contribution in [0, 0.1) is 0 Å². The van der Waals surface area contributed by atoms with Crippen molar-refractivity contribution in [2.75, 3.05) is 19.4 Å². The molecule has 1 rings (SSSR count). The van der Waals surface area contributed by atoms with Crippen LogP contribution in [-0.4, -0.2) is 31.4 Å². The predicted octanol–water partition coefficient (Wildman–Crippen LogP) is 1.25.